The molecule has 2 N–H and O–H groups in total. The van der Waals surface area contributed by atoms with Gasteiger partial charge in [0.05, 0.1) is 28.8 Å². The van der Waals surface area contributed by atoms with Crippen LogP contribution >= 0.6 is 15.9 Å². The highest BCUT2D eigenvalue weighted by Gasteiger charge is 2.12. The zero-order valence-electron chi connectivity index (χ0n) is 7.67. The van der Waals surface area contributed by atoms with E-state index in [1.165, 1.54) is 0 Å². The molecule has 0 aromatic carbocycles. The Morgan fingerprint density at radius 2 is 2.31 bits per heavy atom. The van der Waals surface area contributed by atoms with Crippen molar-refractivity contribution in [2.24, 2.45) is 12.8 Å². The zero-order chi connectivity index (χ0) is 10.0. The average Bonchev–Trinajstić information content (AvgIpc) is 2.32. The molecule has 13 heavy (non-hydrogen) atoms. The Morgan fingerprint density at radius 3 is 2.69 bits per heavy atom. The summed E-state index contributed by atoms with van der Waals surface area (Å²) in [4.78, 5) is 11.1. The van der Waals surface area contributed by atoms with Crippen LogP contribution in [0.1, 0.15) is 11.4 Å². The van der Waals surface area contributed by atoms with Crippen LogP contribution in [0.4, 0.5) is 0 Å². The van der Waals surface area contributed by atoms with E-state index in [1.54, 1.807) is 4.68 Å². The van der Waals surface area contributed by atoms with Gasteiger partial charge in [0.2, 0.25) is 0 Å². The normalized spacial score (nSPS) is 10.5. The molecule has 1 heterocycles. The first kappa shape index (κ1) is 10.4. The Morgan fingerprint density at radius 1 is 1.69 bits per heavy atom. The van der Waals surface area contributed by atoms with Crippen molar-refractivity contribution < 1.29 is 4.79 Å². The summed E-state index contributed by atoms with van der Waals surface area (Å²) in [5.41, 5.74) is 7.01. The van der Waals surface area contributed by atoms with Crippen molar-refractivity contribution >= 4 is 21.7 Å². The van der Waals surface area contributed by atoms with Gasteiger partial charge in [-0.25, -0.2) is 0 Å². The minimum absolute atomic E-state index is 0.0173. The van der Waals surface area contributed by atoms with Crippen LogP contribution in [0.3, 0.4) is 0 Å². The number of hydrogen-bond donors (Lipinski definition) is 1. The fourth-order valence-corrected chi connectivity index (χ4v) is 1.61. The third kappa shape index (κ3) is 2.16. The summed E-state index contributed by atoms with van der Waals surface area (Å²) in [6, 6.07) is 0. The first-order valence-electron chi connectivity index (χ1n) is 3.96. The van der Waals surface area contributed by atoms with Gasteiger partial charge in [0.25, 0.3) is 0 Å². The number of aromatic nitrogens is 2. The minimum atomic E-state index is 0.0173. The number of nitrogens with zero attached hydrogens (tertiary/aromatic N) is 2. The van der Waals surface area contributed by atoms with Gasteiger partial charge in [-0.15, -0.1) is 0 Å². The maximum atomic E-state index is 11.1. The summed E-state index contributed by atoms with van der Waals surface area (Å²) in [5.74, 6) is 0.0173. The van der Waals surface area contributed by atoms with Gasteiger partial charge in [-0.3, -0.25) is 9.48 Å². The van der Waals surface area contributed by atoms with Gasteiger partial charge in [-0.2, -0.15) is 5.10 Å². The monoisotopic (exact) mass is 245 g/mol. The summed E-state index contributed by atoms with van der Waals surface area (Å²) < 4.78 is 2.60. The second-order valence-corrected chi connectivity index (χ2v) is 3.68. The highest BCUT2D eigenvalue weighted by Crippen LogP contribution is 2.20. The highest BCUT2D eigenvalue weighted by atomic mass is 79.9. The lowest BCUT2D eigenvalue weighted by molar-refractivity contribution is -0.117. The van der Waals surface area contributed by atoms with Crippen LogP contribution in [0.5, 0.6) is 0 Å². The van der Waals surface area contributed by atoms with Crippen molar-refractivity contribution in [2.45, 2.75) is 13.3 Å². The summed E-state index contributed by atoms with van der Waals surface area (Å²) in [6.07, 6.45) is 0.342. The van der Waals surface area contributed by atoms with Gasteiger partial charge in [0.15, 0.2) is 5.78 Å². The standard InChI is InChI=1S/C8H12BrN3O/c1-5-8(9)7(12(2)11-5)3-6(13)4-10/h3-4,10H2,1-2H3. The number of nitrogens with two attached hydrogens (primary N) is 1. The van der Waals surface area contributed by atoms with Crippen LogP contribution in [0, 0.1) is 6.92 Å². The molecule has 0 aliphatic rings. The molecule has 0 saturated heterocycles. The second kappa shape index (κ2) is 4.02. The Balaban J connectivity index is 2.94. The molecule has 0 aliphatic heterocycles. The quantitative estimate of drug-likeness (QED) is 0.847. The Bertz CT molecular complexity index is 332. The van der Waals surface area contributed by atoms with Crippen molar-refractivity contribution in [3.63, 3.8) is 0 Å². The van der Waals surface area contributed by atoms with E-state index in [1.807, 2.05) is 14.0 Å². The van der Waals surface area contributed by atoms with Gasteiger partial charge < -0.3 is 5.73 Å². The topological polar surface area (TPSA) is 60.9 Å². The summed E-state index contributed by atoms with van der Waals surface area (Å²) in [7, 11) is 1.82. The summed E-state index contributed by atoms with van der Waals surface area (Å²) in [5, 5.41) is 4.17. The first-order valence-corrected chi connectivity index (χ1v) is 4.75. The molecular weight excluding hydrogens is 234 g/mol. The van der Waals surface area contributed by atoms with Crippen molar-refractivity contribution in [1.82, 2.24) is 9.78 Å². The van der Waals surface area contributed by atoms with E-state index in [0.29, 0.717) is 6.42 Å². The van der Waals surface area contributed by atoms with Gasteiger partial charge in [-0.1, -0.05) is 0 Å². The van der Waals surface area contributed by atoms with Crippen molar-refractivity contribution in [1.29, 1.82) is 0 Å². The smallest absolute Gasteiger partial charge is 0.152 e. The van der Waals surface area contributed by atoms with Crippen LogP contribution in [0.2, 0.25) is 0 Å². The molecule has 0 bridgehead atoms. The van der Waals surface area contributed by atoms with E-state index in [0.717, 1.165) is 15.9 Å². The largest absolute Gasteiger partial charge is 0.324 e. The molecule has 1 aromatic heterocycles. The third-order valence-corrected chi connectivity index (χ3v) is 2.89. The predicted molar refractivity (Wildman–Crippen MR) is 53.4 cm³/mol. The number of carbonyl (C=O) groups excluding carboxylic acids is 1. The van der Waals surface area contributed by atoms with Crippen molar-refractivity contribution in [3.05, 3.63) is 15.9 Å². The fraction of sp³-hybridized carbons (Fsp3) is 0.500. The maximum Gasteiger partial charge on any atom is 0.152 e. The van der Waals surface area contributed by atoms with Crippen LogP contribution in [-0.2, 0) is 18.3 Å². The number of halogens is 1. The molecule has 0 spiro atoms. The van der Waals surface area contributed by atoms with Crippen molar-refractivity contribution in [2.75, 3.05) is 6.54 Å². The van der Waals surface area contributed by atoms with E-state index in [4.69, 9.17) is 5.73 Å². The molecule has 0 fully saturated rings. The number of ketones is 1. The van der Waals surface area contributed by atoms with E-state index < -0.39 is 0 Å². The summed E-state index contributed by atoms with van der Waals surface area (Å²) >= 11 is 3.38. The van der Waals surface area contributed by atoms with Crippen LogP contribution in [0.15, 0.2) is 4.47 Å². The zero-order valence-corrected chi connectivity index (χ0v) is 9.26. The third-order valence-electron chi connectivity index (χ3n) is 1.85. The van der Waals surface area contributed by atoms with Crippen LogP contribution in [0.25, 0.3) is 0 Å². The van der Waals surface area contributed by atoms with Gasteiger partial charge in [-0.05, 0) is 22.9 Å². The van der Waals surface area contributed by atoms with E-state index in [2.05, 4.69) is 21.0 Å². The molecule has 0 unspecified atom stereocenters. The molecule has 5 heteroatoms. The molecule has 0 aliphatic carbocycles. The van der Waals surface area contributed by atoms with Gasteiger partial charge >= 0.3 is 0 Å². The van der Waals surface area contributed by atoms with Crippen LogP contribution in [-0.4, -0.2) is 22.1 Å². The molecule has 1 rings (SSSR count). The number of Topliss-reactive ketones (excluding diaryl/α,β-unsaturated/α-hetero) is 1. The lowest BCUT2D eigenvalue weighted by Gasteiger charge is -1.99. The highest BCUT2D eigenvalue weighted by molar-refractivity contribution is 9.10. The van der Waals surface area contributed by atoms with E-state index in [-0.39, 0.29) is 12.3 Å². The Hall–Kier alpha value is -0.680. The van der Waals surface area contributed by atoms with E-state index in [9.17, 15) is 4.79 Å². The Labute approximate surface area is 85.2 Å². The van der Waals surface area contributed by atoms with Crippen LogP contribution < -0.4 is 5.73 Å². The number of carbonyl (C=O) groups is 1. The van der Waals surface area contributed by atoms with E-state index >= 15 is 0 Å². The second-order valence-electron chi connectivity index (χ2n) is 2.89. The summed E-state index contributed by atoms with van der Waals surface area (Å²) in [6.45, 7) is 1.97. The molecule has 1 aromatic rings. The molecule has 0 saturated carbocycles. The maximum absolute atomic E-state index is 11.1. The predicted octanol–water partition coefficient (Wildman–Crippen LogP) is 0.561. The average molecular weight is 246 g/mol. The Kier molecular flexibility index (Phi) is 3.22. The molecular formula is C8H12BrN3O. The number of aryl methyl sites for hydroxylation is 2. The lowest BCUT2D eigenvalue weighted by atomic mass is 10.2. The molecule has 0 amide bonds. The molecule has 0 radical (unpaired) electrons. The lowest BCUT2D eigenvalue weighted by Crippen LogP contribution is -2.17. The number of rotatable bonds is 3. The van der Waals surface area contributed by atoms with Gasteiger partial charge in [0, 0.05) is 7.05 Å². The van der Waals surface area contributed by atoms with Crippen molar-refractivity contribution in [3.8, 4) is 0 Å². The first-order chi connectivity index (χ1) is 6.06. The fourth-order valence-electron chi connectivity index (χ4n) is 1.13. The molecule has 72 valence electrons. The molecule has 0 atom stereocenters. The molecule has 4 nitrogen and oxygen atoms in total. The SMILES string of the molecule is Cc1nn(C)c(CC(=O)CN)c1Br. The van der Waals surface area contributed by atoms with Gasteiger partial charge in [0.1, 0.15) is 0 Å². The minimum Gasteiger partial charge on any atom is -0.324 e. The number of hydrogen-bond acceptors (Lipinski definition) is 3.